The number of nitro groups is 1. The van der Waals surface area contributed by atoms with Crippen molar-refractivity contribution in [2.24, 2.45) is 11.7 Å². The highest BCUT2D eigenvalue weighted by molar-refractivity contribution is 5.85. The van der Waals surface area contributed by atoms with Gasteiger partial charge in [-0.15, -0.1) is 12.4 Å². The Morgan fingerprint density at radius 2 is 2.10 bits per heavy atom. The second-order valence-corrected chi connectivity index (χ2v) is 4.80. The van der Waals surface area contributed by atoms with Crippen molar-refractivity contribution in [3.8, 4) is 5.75 Å². The third-order valence-corrected chi connectivity index (χ3v) is 3.68. The van der Waals surface area contributed by atoms with Crippen molar-refractivity contribution in [1.82, 2.24) is 5.32 Å². The number of halogens is 1. The van der Waals surface area contributed by atoms with Gasteiger partial charge in [0.1, 0.15) is 0 Å². The first-order chi connectivity index (χ1) is 9.13. The predicted octanol–water partition coefficient (Wildman–Crippen LogP) is 2.02. The van der Waals surface area contributed by atoms with E-state index in [0.29, 0.717) is 5.92 Å². The van der Waals surface area contributed by atoms with E-state index in [0.717, 1.165) is 31.5 Å². The van der Waals surface area contributed by atoms with E-state index in [1.807, 2.05) is 6.07 Å². The van der Waals surface area contributed by atoms with Crippen LogP contribution in [0.3, 0.4) is 0 Å². The lowest BCUT2D eigenvalue weighted by Gasteiger charge is -2.28. The van der Waals surface area contributed by atoms with Crippen molar-refractivity contribution in [2.45, 2.75) is 18.9 Å². The van der Waals surface area contributed by atoms with Gasteiger partial charge in [0.15, 0.2) is 5.75 Å². The Kier molecular flexibility index (Phi) is 6.19. The molecule has 1 atom stereocenters. The summed E-state index contributed by atoms with van der Waals surface area (Å²) >= 11 is 0. The van der Waals surface area contributed by atoms with E-state index in [1.54, 1.807) is 6.07 Å². The van der Waals surface area contributed by atoms with Crippen molar-refractivity contribution in [3.05, 3.63) is 33.9 Å². The highest BCUT2D eigenvalue weighted by atomic mass is 35.5. The van der Waals surface area contributed by atoms with Gasteiger partial charge in [0.25, 0.3) is 0 Å². The van der Waals surface area contributed by atoms with Crippen LogP contribution >= 0.6 is 12.4 Å². The number of nitrogens with zero attached hydrogens (tertiary/aromatic N) is 1. The maximum atomic E-state index is 11.0. The smallest absolute Gasteiger partial charge is 0.311 e. The number of piperidine rings is 1. The number of benzene rings is 1. The maximum absolute atomic E-state index is 11.0. The number of hydrogen-bond acceptors (Lipinski definition) is 5. The van der Waals surface area contributed by atoms with Gasteiger partial charge in [-0.1, -0.05) is 6.07 Å². The average molecular weight is 302 g/mol. The Bertz CT molecular complexity index is 464. The van der Waals surface area contributed by atoms with Crippen LogP contribution in [0.1, 0.15) is 24.4 Å². The van der Waals surface area contributed by atoms with Crippen LogP contribution < -0.4 is 15.8 Å². The van der Waals surface area contributed by atoms with Crippen LogP contribution in [0, 0.1) is 16.0 Å². The van der Waals surface area contributed by atoms with Gasteiger partial charge in [-0.2, -0.15) is 0 Å². The van der Waals surface area contributed by atoms with Crippen molar-refractivity contribution >= 4 is 18.1 Å². The lowest BCUT2D eigenvalue weighted by molar-refractivity contribution is -0.385. The number of hydrogen-bond donors (Lipinski definition) is 2. The number of nitro benzene ring substituents is 1. The van der Waals surface area contributed by atoms with Crippen LogP contribution in [0.15, 0.2) is 18.2 Å². The fourth-order valence-corrected chi connectivity index (χ4v) is 2.53. The molecule has 0 amide bonds. The van der Waals surface area contributed by atoms with Crippen molar-refractivity contribution in [1.29, 1.82) is 0 Å². The number of nitrogens with two attached hydrogens (primary N) is 1. The molecule has 20 heavy (non-hydrogen) atoms. The molecule has 112 valence electrons. The van der Waals surface area contributed by atoms with Crippen molar-refractivity contribution < 1.29 is 9.66 Å². The maximum Gasteiger partial charge on any atom is 0.311 e. The molecule has 1 saturated heterocycles. The van der Waals surface area contributed by atoms with Crippen LogP contribution in [0.2, 0.25) is 0 Å². The number of methoxy groups -OCH3 is 1. The van der Waals surface area contributed by atoms with E-state index in [9.17, 15) is 10.1 Å². The molecule has 0 bridgehead atoms. The molecule has 1 aromatic rings. The second kappa shape index (κ2) is 7.42. The molecule has 0 spiro atoms. The molecule has 1 heterocycles. The highest BCUT2D eigenvalue weighted by Crippen LogP contribution is 2.33. The summed E-state index contributed by atoms with van der Waals surface area (Å²) < 4.78 is 4.99. The molecule has 2 rings (SSSR count). The SMILES string of the molecule is COc1ccc([C@H](N)C2CCNCC2)cc1[N+](=O)[O-].Cl. The van der Waals surface area contributed by atoms with Gasteiger partial charge in [0.2, 0.25) is 0 Å². The number of nitrogens with one attached hydrogen (secondary N) is 1. The van der Waals surface area contributed by atoms with E-state index in [2.05, 4.69) is 5.32 Å². The lowest BCUT2D eigenvalue weighted by Crippen LogP contribution is -2.33. The predicted molar refractivity (Wildman–Crippen MR) is 79.4 cm³/mol. The third kappa shape index (κ3) is 3.59. The average Bonchev–Trinajstić information content (AvgIpc) is 2.46. The van der Waals surface area contributed by atoms with E-state index in [1.165, 1.54) is 13.2 Å². The van der Waals surface area contributed by atoms with Crippen LogP contribution in [-0.4, -0.2) is 25.1 Å². The Morgan fingerprint density at radius 1 is 1.45 bits per heavy atom. The van der Waals surface area contributed by atoms with Crippen LogP contribution in [0.5, 0.6) is 5.75 Å². The second-order valence-electron chi connectivity index (χ2n) is 4.80. The van der Waals surface area contributed by atoms with Gasteiger partial charge < -0.3 is 15.8 Å². The first-order valence-corrected chi connectivity index (χ1v) is 6.42. The monoisotopic (exact) mass is 301 g/mol. The van der Waals surface area contributed by atoms with Gasteiger partial charge in [-0.3, -0.25) is 10.1 Å². The summed E-state index contributed by atoms with van der Waals surface area (Å²) in [5.74, 6) is 0.639. The van der Waals surface area contributed by atoms with Crippen LogP contribution in [-0.2, 0) is 0 Å². The summed E-state index contributed by atoms with van der Waals surface area (Å²) in [6.07, 6.45) is 2.00. The van der Waals surface area contributed by atoms with E-state index in [-0.39, 0.29) is 29.9 Å². The molecule has 1 aliphatic rings. The normalized spacial score (nSPS) is 17.1. The molecule has 3 N–H and O–H groups in total. The first-order valence-electron chi connectivity index (χ1n) is 6.42. The first kappa shape index (κ1) is 16.7. The fourth-order valence-electron chi connectivity index (χ4n) is 2.53. The molecule has 7 heteroatoms. The molecule has 0 aliphatic carbocycles. The Labute approximate surface area is 124 Å². The molecule has 1 aromatic carbocycles. The number of ether oxygens (including phenoxy) is 1. The standard InChI is InChI=1S/C13H19N3O3.ClH/c1-19-12-3-2-10(8-11(12)16(17)18)13(14)9-4-6-15-7-5-9;/h2-3,8-9,13,15H,4-7,14H2,1H3;1H/t13-;/m1./s1. The highest BCUT2D eigenvalue weighted by Gasteiger charge is 2.24. The minimum Gasteiger partial charge on any atom is -0.490 e. The summed E-state index contributed by atoms with van der Waals surface area (Å²) in [6, 6.07) is 4.81. The molecule has 6 nitrogen and oxygen atoms in total. The Hall–Kier alpha value is -1.37. The quantitative estimate of drug-likeness (QED) is 0.656. The van der Waals surface area contributed by atoms with Gasteiger partial charge in [-0.05, 0) is 43.5 Å². The summed E-state index contributed by atoms with van der Waals surface area (Å²) in [7, 11) is 1.43. The minimum atomic E-state index is -0.433. The molecule has 0 radical (unpaired) electrons. The molecule has 0 aromatic heterocycles. The Balaban J connectivity index is 0.00000200. The van der Waals surface area contributed by atoms with E-state index in [4.69, 9.17) is 10.5 Å². The zero-order valence-corrected chi connectivity index (χ0v) is 12.2. The molecule has 0 saturated carbocycles. The topological polar surface area (TPSA) is 90.4 Å². The summed E-state index contributed by atoms with van der Waals surface area (Å²) in [6.45, 7) is 1.91. The largest absolute Gasteiger partial charge is 0.490 e. The number of rotatable bonds is 4. The lowest BCUT2D eigenvalue weighted by atomic mass is 9.86. The minimum absolute atomic E-state index is 0. The van der Waals surface area contributed by atoms with Crippen LogP contribution in [0.4, 0.5) is 5.69 Å². The van der Waals surface area contributed by atoms with Crippen molar-refractivity contribution in [3.63, 3.8) is 0 Å². The van der Waals surface area contributed by atoms with Gasteiger partial charge in [0, 0.05) is 12.1 Å². The van der Waals surface area contributed by atoms with E-state index >= 15 is 0 Å². The zero-order valence-electron chi connectivity index (χ0n) is 11.4. The summed E-state index contributed by atoms with van der Waals surface area (Å²) in [5, 5.41) is 14.3. The fraction of sp³-hybridized carbons (Fsp3) is 0.538. The van der Waals surface area contributed by atoms with Gasteiger partial charge in [-0.25, -0.2) is 0 Å². The summed E-state index contributed by atoms with van der Waals surface area (Å²) in [4.78, 5) is 10.6. The van der Waals surface area contributed by atoms with Gasteiger partial charge >= 0.3 is 5.69 Å². The molecular weight excluding hydrogens is 282 g/mol. The molecular formula is C13H20ClN3O3. The third-order valence-electron chi connectivity index (χ3n) is 3.68. The van der Waals surface area contributed by atoms with E-state index < -0.39 is 4.92 Å². The summed E-state index contributed by atoms with van der Waals surface area (Å²) in [5.41, 5.74) is 7.02. The van der Waals surface area contributed by atoms with Crippen molar-refractivity contribution in [2.75, 3.05) is 20.2 Å². The Morgan fingerprint density at radius 3 is 2.65 bits per heavy atom. The molecule has 1 aliphatic heterocycles. The van der Waals surface area contributed by atoms with Gasteiger partial charge in [0.05, 0.1) is 12.0 Å². The molecule has 0 unspecified atom stereocenters. The zero-order chi connectivity index (χ0) is 13.8. The van der Waals surface area contributed by atoms with Crippen LogP contribution in [0.25, 0.3) is 0 Å². The molecule has 1 fully saturated rings.